The summed E-state index contributed by atoms with van der Waals surface area (Å²) in [7, 11) is 0. The van der Waals surface area contributed by atoms with Crippen LogP contribution in [0, 0.1) is 29.6 Å². The molecule has 1 heterocycles. The Kier molecular flexibility index (Phi) is 6.96. The van der Waals surface area contributed by atoms with Gasteiger partial charge in [-0.1, -0.05) is 18.2 Å². The molecule has 0 amide bonds. The number of aromatic amines is 1. The standard InChI is InChI=1S/C31H38N2O4/c34-28-7-5-26(27-6-8-30(36)33-31(27)28)29(35)18-32-11-9-19-1-3-24(4-2-19)37-12-10-25-22-14-20-13-21(16-22)17-23(25)15-20/h1-8,20-23,25,29,32,34-35H,9-18H2,(H,33,36)/t20?,21?,22?,23?,25?,29-/m1/s1. The van der Waals surface area contributed by atoms with Gasteiger partial charge in [0.25, 0.3) is 0 Å². The summed E-state index contributed by atoms with van der Waals surface area (Å²) in [6.45, 7) is 1.94. The van der Waals surface area contributed by atoms with Gasteiger partial charge in [-0.2, -0.15) is 0 Å². The molecule has 4 saturated carbocycles. The second-order valence-electron chi connectivity index (χ2n) is 11.6. The SMILES string of the molecule is O=c1ccc2c([C@H](O)CNCCc3ccc(OCCC4C5CC6CC(C5)CC4C6)cc3)ccc(O)c2[nH]1. The van der Waals surface area contributed by atoms with Crippen molar-refractivity contribution in [3.63, 3.8) is 0 Å². The minimum absolute atomic E-state index is 0.00288. The monoisotopic (exact) mass is 502 g/mol. The molecule has 4 aliphatic rings. The summed E-state index contributed by atoms with van der Waals surface area (Å²) < 4.78 is 6.14. The highest BCUT2D eigenvalue weighted by molar-refractivity contribution is 5.87. The van der Waals surface area contributed by atoms with E-state index in [1.165, 1.54) is 56.2 Å². The van der Waals surface area contributed by atoms with E-state index in [-0.39, 0.29) is 11.3 Å². The first-order chi connectivity index (χ1) is 18.0. The zero-order chi connectivity index (χ0) is 25.4. The average Bonchev–Trinajstić information content (AvgIpc) is 2.89. The Morgan fingerprint density at radius 1 is 0.946 bits per heavy atom. The second kappa shape index (κ2) is 10.5. The van der Waals surface area contributed by atoms with Gasteiger partial charge < -0.3 is 25.3 Å². The Bertz CT molecular complexity index is 1260. The topological polar surface area (TPSA) is 94.6 Å². The maximum absolute atomic E-state index is 11.6. The van der Waals surface area contributed by atoms with Crippen LogP contribution in [0.3, 0.4) is 0 Å². The first-order valence-corrected chi connectivity index (χ1v) is 14.0. The van der Waals surface area contributed by atoms with E-state index in [1.807, 2.05) is 0 Å². The van der Waals surface area contributed by atoms with Crippen molar-refractivity contribution in [3.8, 4) is 11.5 Å². The predicted molar refractivity (Wildman–Crippen MR) is 145 cm³/mol. The highest BCUT2D eigenvalue weighted by Gasteiger charge is 2.47. The number of phenols is 1. The quantitative estimate of drug-likeness (QED) is 0.295. The largest absolute Gasteiger partial charge is 0.506 e. The van der Waals surface area contributed by atoms with Crippen LogP contribution >= 0.6 is 0 Å². The van der Waals surface area contributed by atoms with Gasteiger partial charge in [0.15, 0.2) is 0 Å². The van der Waals surface area contributed by atoms with Crippen LogP contribution in [-0.4, -0.2) is 34.9 Å². The second-order valence-corrected chi connectivity index (χ2v) is 11.6. The molecule has 7 rings (SSSR count). The molecule has 4 N–H and O–H groups in total. The van der Waals surface area contributed by atoms with Crippen molar-refractivity contribution in [2.75, 3.05) is 19.7 Å². The van der Waals surface area contributed by atoms with E-state index < -0.39 is 6.10 Å². The molecular weight excluding hydrogens is 464 g/mol. The minimum atomic E-state index is -0.751. The molecule has 0 saturated heterocycles. The van der Waals surface area contributed by atoms with Crippen molar-refractivity contribution in [1.82, 2.24) is 10.3 Å². The van der Waals surface area contributed by atoms with Crippen molar-refractivity contribution in [1.29, 1.82) is 0 Å². The molecule has 0 aliphatic heterocycles. The lowest BCUT2D eigenvalue weighted by atomic mass is 9.51. The Morgan fingerprint density at radius 2 is 1.68 bits per heavy atom. The molecule has 0 radical (unpaired) electrons. The lowest BCUT2D eigenvalue weighted by Gasteiger charge is -2.54. The molecule has 6 heteroatoms. The lowest BCUT2D eigenvalue weighted by Crippen LogP contribution is -2.45. The number of benzene rings is 2. The van der Waals surface area contributed by atoms with Crippen LogP contribution in [0.4, 0.5) is 0 Å². The number of hydrogen-bond donors (Lipinski definition) is 4. The number of aromatic nitrogens is 1. The molecule has 6 nitrogen and oxygen atoms in total. The fraction of sp³-hybridized carbons (Fsp3) is 0.516. The van der Waals surface area contributed by atoms with Crippen LogP contribution in [0.25, 0.3) is 10.9 Å². The highest BCUT2D eigenvalue weighted by atomic mass is 16.5. The Balaban J connectivity index is 0.942. The van der Waals surface area contributed by atoms with Crippen LogP contribution in [0.1, 0.15) is 55.8 Å². The van der Waals surface area contributed by atoms with E-state index in [0.29, 0.717) is 23.0 Å². The van der Waals surface area contributed by atoms with E-state index in [1.54, 1.807) is 12.1 Å². The van der Waals surface area contributed by atoms with Crippen LogP contribution in [0.15, 0.2) is 53.3 Å². The van der Waals surface area contributed by atoms with Gasteiger partial charge in [-0.15, -0.1) is 0 Å². The molecule has 4 aliphatic carbocycles. The number of rotatable bonds is 10. The van der Waals surface area contributed by atoms with Gasteiger partial charge in [-0.25, -0.2) is 0 Å². The maximum atomic E-state index is 11.6. The number of fused-ring (bicyclic) bond motifs is 1. The van der Waals surface area contributed by atoms with Gasteiger partial charge in [0.2, 0.25) is 5.56 Å². The number of aliphatic hydroxyl groups excluding tert-OH is 1. The third kappa shape index (κ3) is 5.27. The fourth-order valence-corrected chi connectivity index (χ4v) is 7.71. The molecular formula is C31H38N2O4. The maximum Gasteiger partial charge on any atom is 0.248 e. The van der Waals surface area contributed by atoms with Crippen LogP contribution < -0.4 is 15.6 Å². The summed E-state index contributed by atoms with van der Waals surface area (Å²) in [4.78, 5) is 14.2. The average molecular weight is 503 g/mol. The van der Waals surface area contributed by atoms with E-state index in [9.17, 15) is 15.0 Å². The van der Waals surface area contributed by atoms with E-state index >= 15 is 0 Å². The molecule has 4 bridgehead atoms. The third-order valence-electron chi connectivity index (χ3n) is 9.26. The Labute approximate surface area is 218 Å². The Hall–Kier alpha value is -2.83. The molecule has 0 unspecified atom stereocenters. The molecule has 4 fully saturated rings. The lowest BCUT2D eigenvalue weighted by molar-refractivity contribution is -0.0435. The normalized spacial score (nSPS) is 27.0. The number of aliphatic hydroxyl groups is 1. The molecule has 3 aromatic rings. The third-order valence-corrected chi connectivity index (χ3v) is 9.26. The molecule has 2 aromatic carbocycles. The zero-order valence-corrected chi connectivity index (χ0v) is 21.4. The molecule has 196 valence electrons. The number of aromatic hydroxyl groups is 1. The van der Waals surface area contributed by atoms with Gasteiger partial charge in [-0.05, 0) is 116 Å². The number of H-pyrrole nitrogens is 1. The molecule has 37 heavy (non-hydrogen) atoms. The zero-order valence-electron chi connectivity index (χ0n) is 21.4. The number of pyridine rings is 1. The number of phenolic OH excluding ortho intramolecular Hbond substituents is 1. The van der Waals surface area contributed by atoms with Crippen molar-refractivity contribution >= 4 is 10.9 Å². The van der Waals surface area contributed by atoms with Crippen LogP contribution in [-0.2, 0) is 6.42 Å². The van der Waals surface area contributed by atoms with Gasteiger partial charge >= 0.3 is 0 Å². The summed E-state index contributed by atoms with van der Waals surface area (Å²) in [5, 5.41) is 24.7. The van der Waals surface area contributed by atoms with Gasteiger partial charge in [0.1, 0.15) is 11.5 Å². The number of nitrogens with one attached hydrogen (secondary N) is 2. The number of ether oxygens (including phenoxy) is 1. The summed E-state index contributed by atoms with van der Waals surface area (Å²) in [6, 6.07) is 14.6. The summed E-state index contributed by atoms with van der Waals surface area (Å²) >= 11 is 0. The fourth-order valence-electron chi connectivity index (χ4n) is 7.71. The van der Waals surface area contributed by atoms with Gasteiger partial charge in [0, 0.05) is 18.0 Å². The van der Waals surface area contributed by atoms with E-state index in [2.05, 4.69) is 34.6 Å². The van der Waals surface area contributed by atoms with Crippen LogP contribution in [0.5, 0.6) is 11.5 Å². The van der Waals surface area contributed by atoms with Gasteiger partial charge in [-0.3, -0.25) is 4.79 Å². The van der Waals surface area contributed by atoms with Crippen molar-refractivity contribution in [2.45, 2.75) is 51.0 Å². The summed E-state index contributed by atoms with van der Waals surface area (Å²) in [6.07, 6.45) is 8.72. The summed E-state index contributed by atoms with van der Waals surface area (Å²) in [5.74, 6) is 5.82. The first kappa shape index (κ1) is 24.5. The van der Waals surface area contributed by atoms with Crippen molar-refractivity contribution in [3.05, 3.63) is 70.0 Å². The minimum Gasteiger partial charge on any atom is -0.506 e. The van der Waals surface area contributed by atoms with Crippen molar-refractivity contribution < 1.29 is 14.9 Å². The molecule has 1 aromatic heterocycles. The number of hydrogen-bond acceptors (Lipinski definition) is 5. The molecule has 1 atom stereocenters. The first-order valence-electron chi connectivity index (χ1n) is 14.0. The predicted octanol–water partition coefficient (Wildman–Crippen LogP) is 4.94. The van der Waals surface area contributed by atoms with Crippen LogP contribution in [0.2, 0.25) is 0 Å². The van der Waals surface area contributed by atoms with Gasteiger partial charge in [0.05, 0.1) is 18.2 Å². The smallest absolute Gasteiger partial charge is 0.248 e. The molecule has 0 spiro atoms. The summed E-state index contributed by atoms with van der Waals surface area (Å²) in [5.41, 5.74) is 1.96. The highest BCUT2D eigenvalue weighted by Crippen LogP contribution is 2.57. The Morgan fingerprint density at radius 3 is 2.41 bits per heavy atom. The van der Waals surface area contributed by atoms with E-state index in [4.69, 9.17) is 4.74 Å². The van der Waals surface area contributed by atoms with E-state index in [0.717, 1.165) is 54.9 Å². The van der Waals surface area contributed by atoms with Crippen molar-refractivity contribution in [2.24, 2.45) is 29.6 Å².